The Bertz CT molecular complexity index is 184. The van der Waals surface area contributed by atoms with Gasteiger partial charge in [-0.1, -0.05) is 19.3 Å². The highest BCUT2D eigenvalue weighted by atomic mass is 16.5. The Balaban J connectivity index is 1.78. The Morgan fingerprint density at radius 2 is 2.07 bits per heavy atom. The van der Waals surface area contributed by atoms with Crippen molar-refractivity contribution in [3.63, 3.8) is 0 Å². The smallest absolute Gasteiger partial charge is 0.0804 e. The van der Waals surface area contributed by atoms with Crippen molar-refractivity contribution in [3.8, 4) is 0 Å². The lowest BCUT2D eigenvalue weighted by Gasteiger charge is -2.36. The zero-order chi connectivity index (χ0) is 10.6. The standard InChI is InChI=1S/C12H23NO2/c13-10-12(5-2-1-3-6-12)15-9-11-4-7-14-8-11/h11H,1-10,13H2. The summed E-state index contributed by atoms with van der Waals surface area (Å²) in [7, 11) is 0. The molecule has 1 heterocycles. The quantitative estimate of drug-likeness (QED) is 0.773. The summed E-state index contributed by atoms with van der Waals surface area (Å²) in [6.45, 7) is 3.31. The summed E-state index contributed by atoms with van der Waals surface area (Å²) >= 11 is 0. The van der Waals surface area contributed by atoms with Crippen molar-refractivity contribution >= 4 is 0 Å². The molecule has 15 heavy (non-hydrogen) atoms. The van der Waals surface area contributed by atoms with Crippen LogP contribution in [0.1, 0.15) is 38.5 Å². The summed E-state index contributed by atoms with van der Waals surface area (Å²) in [5, 5.41) is 0. The van der Waals surface area contributed by atoms with E-state index in [1.807, 2.05) is 0 Å². The van der Waals surface area contributed by atoms with Gasteiger partial charge in [0.05, 0.1) is 18.8 Å². The Morgan fingerprint density at radius 3 is 2.67 bits per heavy atom. The number of hydrogen-bond donors (Lipinski definition) is 1. The van der Waals surface area contributed by atoms with Gasteiger partial charge >= 0.3 is 0 Å². The average Bonchev–Trinajstić information content (AvgIpc) is 2.81. The van der Waals surface area contributed by atoms with Crippen LogP contribution >= 0.6 is 0 Å². The van der Waals surface area contributed by atoms with Gasteiger partial charge in [-0.05, 0) is 19.3 Å². The summed E-state index contributed by atoms with van der Waals surface area (Å²) < 4.78 is 11.5. The third-order valence-electron chi connectivity index (χ3n) is 3.79. The molecule has 1 saturated heterocycles. The Morgan fingerprint density at radius 1 is 1.27 bits per heavy atom. The van der Waals surface area contributed by atoms with Crippen LogP contribution in [0.25, 0.3) is 0 Å². The van der Waals surface area contributed by atoms with Crippen LogP contribution in [-0.2, 0) is 9.47 Å². The summed E-state index contributed by atoms with van der Waals surface area (Å²) in [5.74, 6) is 0.607. The van der Waals surface area contributed by atoms with Gasteiger partial charge in [-0.2, -0.15) is 0 Å². The molecule has 0 spiro atoms. The van der Waals surface area contributed by atoms with Crippen LogP contribution in [0.2, 0.25) is 0 Å². The maximum absolute atomic E-state index is 6.10. The molecule has 3 heteroatoms. The van der Waals surface area contributed by atoms with Crippen molar-refractivity contribution < 1.29 is 9.47 Å². The van der Waals surface area contributed by atoms with Crippen LogP contribution in [0.5, 0.6) is 0 Å². The third kappa shape index (κ3) is 2.92. The van der Waals surface area contributed by atoms with E-state index in [0.29, 0.717) is 12.5 Å². The fourth-order valence-electron chi connectivity index (χ4n) is 2.61. The molecule has 2 rings (SSSR count). The molecule has 1 aliphatic carbocycles. The van der Waals surface area contributed by atoms with Crippen LogP contribution < -0.4 is 5.73 Å². The molecule has 2 N–H and O–H groups in total. The van der Waals surface area contributed by atoms with E-state index in [1.54, 1.807) is 0 Å². The van der Waals surface area contributed by atoms with Gasteiger partial charge in [-0.25, -0.2) is 0 Å². The van der Waals surface area contributed by atoms with Crippen LogP contribution in [0.4, 0.5) is 0 Å². The normalized spacial score (nSPS) is 30.6. The highest BCUT2D eigenvalue weighted by Gasteiger charge is 2.32. The average molecular weight is 213 g/mol. The van der Waals surface area contributed by atoms with Gasteiger partial charge in [0.1, 0.15) is 0 Å². The number of hydrogen-bond acceptors (Lipinski definition) is 3. The fourth-order valence-corrected chi connectivity index (χ4v) is 2.61. The largest absolute Gasteiger partial charge is 0.381 e. The molecule has 1 aliphatic heterocycles. The molecule has 0 aromatic heterocycles. The summed E-state index contributed by atoms with van der Waals surface area (Å²) in [5.41, 5.74) is 5.87. The summed E-state index contributed by atoms with van der Waals surface area (Å²) in [6.07, 6.45) is 7.35. The number of nitrogens with two attached hydrogens (primary N) is 1. The number of ether oxygens (including phenoxy) is 2. The van der Waals surface area contributed by atoms with Gasteiger partial charge in [-0.3, -0.25) is 0 Å². The third-order valence-corrected chi connectivity index (χ3v) is 3.79. The molecule has 1 atom stereocenters. The Kier molecular flexibility index (Phi) is 4.00. The van der Waals surface area contributed by atoms with Gasteiger partial charge < -0.3 is 15.2 Å². The minimum Gasteiger partial charge on any atom is -0.381 e. The maximum atomic E-state index is 6.10. The van der Waals surface area contributed by atoms with E-state index in [4.69, 9.17) is 15.2 Å². The van der Waals surface area contributed by atoms with Crippen molar-refractivity contribution in [1.82, 2.24) is 0 Å². The molecule has 2 fully saturated rings. The van der Waals surface area contributed by atoms with Gasteiger partial charge in [0, 0.05) is 19.1 Å². The SMILES string of the molecule is NCC1(OCC2CCOC2)CCCCC1. The van der Waals surface area contributed by atoms with E-state index >= 15 is 0 Å². The first-order valence-electron chi connectivity index (χ1n) is 6.26. The van der Waals surface area contributed by atoms with Crippen molar-refractivity contribution in [2.75, 3.05) is 26.4 Å². The molecule has 1 unspecified atom stereocenters. The second kappa shape index (κ2) is 5.28. The van der Waals surface area contributed by atoms with Crippen LogP contribution in [0.3, 0.4) is 0 Å². The van der Waals surface area contributed by atoms with E-state index in [1.165, 1.54) is 19.3 Å². The molecule has 0 aromatic rings. The summed E-state index contributed by atoms with van der Waals surface area (Å²) in [4.78, 5) is 0. The first kappa shape index (κ1) is 11.4. The summed E-state index contributed by atoms with van der Waals surface area (Å²) in [6, 6.07) is 0. The van der Waals surface area contributed by atoms with Crippen LogP contribution in [0.15, 0.2) is 0 Å². The first-order valence-corrected chi connectivity index (χ1v) is 6.26. The minimum absolute atomic E-state index is 0.000833. The second-order valence-corrected chi connectivity index (χ2v) is 4.99. The fraction of sp³-hybridized carbons (Fsp3) is 1.00. The van der Waals surface area contributed by atoms with Crippen molar-refractivity contribution in [1.29, 1.82) is 0 Å². The zero-order valence-electron chi connectivity index (χ0n) is 9.54. The molecule has 0 radical (unpaired) electrons. The lowest BCUT2D eigenvalue weighted by atomic mass is 9.84. The van der Waals surface area contributed by atoms with E-state index in [0.717, 1.165) is 39.1 Å². The lowest BCUT2D eigenvalue weighted by Crippen LogP contribution is -2.43. The van der Waals surface area contributed by atoms with E-state index in [-0.39, 0.29) is 5.60 Å². The highest BCUT2D eigenvalue weighted by Crippen LogP contribution is 2.31. The van der Waals surface area contributed by atoms with E-state index in [9.17, 15) is 0 Å². The zero-order valence-corrected chi connectivity index (χ0v) is 9.54. The van der Waals surface area contributed by atoms with Gasteiger partial charge in [0.2, 0.25) is 0 Å². The first-order chi connectivity index (χ1) is 7.35. The van der Waals surface area contributed by atoms with Gasteiger partial charge in [-0.15, -0.1) is 0 Å². The maximum Gasteiger partial charge on any atom is 0.0804 e. The van der Waals surface area contributed by atoms with Crippen LogP contribution in [-0.4, -0.2) is 32.0 Å². The van der Waals surface area contributed by atoms with E-state index < -0.39 is 0 Å². The number of rotatable bonds is 4. The second-order valence-electron chi connectivity index (χ2n) is 4.99. The molecule has 0 bridgehead atoms. The molecule has 0 amide bonds. The molecular weight excluding hydrogens is 190 g/mol. The van der Waals surface area contributed by atoms with Crippen LogP contribution in [0, 0.1) is 5.92 Å². The molecular formula is C12H23NO2. The monoisotopic (exact) mass is 213 g/mol. The predicted octanol–water partition coefficient (Wildman–Crippen LogP) is 1.70. The molecule has 1 saturated carbocycles. The molecule has 3 nitrogen and oxygen atoms in total. The highest BCUT2D eigenvalue weighted by molar-refractivity contribution is 4.85. The lowest BCUT2D eigenvalue weighted by molar-refractivity contribution is -0.0769. The Hall–Kier alpha value is -0.120. The molecule has 0 aromatic carbocycles. The predicted molar refractivity (Wildman–Crippen MR) is 59.7 cm³/mol. The van der Waals surface area contributed by atoms with Crippen molar-refractivity contribution in [2.24, 2.45) is 11.7 Å². The topological polar surface area (TPSA) is 44.5 Å². The van der Waals surface area contributed by atoms with Crippen molar-refractivity contribution in [3.05, 3.63) is 0 Å². The molecule has 88 valence electrons. The minimum atomic E-state index is 0.000833. The van der Waals surface area contributed by atoms with Gasteiger partial charge in [0.15, 0.2) is 0 Å². The van der Waals surface area contributed by atoms with Crippen molar-refractivity contribution in [2.45, 2.75) is 44.1 Å². The Labute approximate surface area is 92.3 Å². The molecule has 2 aliphatic rings. The van der Waals surface area contributed by atoms with E-state index in [2.05, 4.69) is 0 Å². The van der Waals surface area contributed by atoms with Gasteiger partial charge in [0.25, 0.3) is 0 Å².